The lowest BCUT2D eigenvalue weighted by molar-refractivity contribution is -0.150. The third-order valence-corrected chi connectivity index (χ3v) is 1.15. The van der Waals surface area contributed by atoms with Crippen LogP contribution in [0, 0.1) is 0 Å². The Morgan fingerprint density at radius 3 is 1.71 bits per heavy atom. The largest absolute Gasteiger partial charge is 0.480 e. The monoisotopic (exact) mass is 249 g/mol. The summed E-state index contributed by atoms with van der Waals surface area (Å²) in [6.45, 7) is 6.78. The van der Waals surface area contributed by atoms with Crippen molar-refractivity contribution in [3.05, 3.63) is 0 Å². The van der Waals surface area contributed by atoms with Crippen LogP contribution in [0.15, 0.2) is 0 Å². The molecule has 0 bridgehead atoms. The lowest BCUT2D eigenvalue weighted by Gasteiger charge is -2.02. The second-order valence-corrected chi connectivity index (χ2v) is 3.69. The first-order valence-electron chi connectivity index (χ1n) is 5.04. The average Bonchev–Trinajstić information content (AvgIpc) is 2.14. The number of nitrogens with one attached hydrogen (secondary N) is 1. The van der Waals surface area contributed by atoms with Crippen molar-refractivity contribution >= 4 is 17.8 Å². The Bertz CT molecular complexity index is 262. The maximum Gasteiger partial charge on any atom is 0.394 e. The van der Waals surface area contributed by atoms with E-state index in [4.69, 9.17) is 14.9 Å². The molecule has 7 nitrogen and oxygen atoms in total. The van der Waals surface area contributed by atoms with E-state index >= 15 is 0 Å². The van der Waals surface area contributed by atoms with Gasteiger partial charge in [0, 0.05) is 6.04 Å². The van der Waals surface area contributed by atoms with Crippen molar-refractivity contribution in [3.63, 3.8) is 0 Å². The van der Waals surface area contributed by atoms with Crippen molar-refractivity contribution in [3.8, 4) is 0 Å². The van der Waals surface area contributed by atoms with Gasteiger partial charge in [-0.1, -0.05) is 0 Å². The van der Waals surface area contributed by atoms with Gasteiger partial charge in [-0.25, -0.2) is 9.59 Å². The second kappa shape index (κ2) is 9.59. The number of hydrogen-bond donors (Lipinski definition) is 3. The van der Waals surface area contributed by atoms with Crippen LogP contribution in [0.5, 0.6) is 0 Å². The third kappa shape index (κ3) is 17.0. The molecule has 0 aromatic heterocycles. The molecule has 3 N–H and O–H groups in total. The van der Waals surface area contributed by atoms with E-state index in [1.807, 2.05) is 0 Å². The number of carbonyl (C=O) groups is 3. The van der Waals surface area contributed by atoms with Crippen LogP contribution in [0.1, 0.15) is 27.7 Å². The summed E-state index contributed by atoms with van der Waals surface area (Å²) in [5, 5.41) is 18.3. The number of amides is 1. The van der Waals surface area contributed by atoms with Crippen molar-refractivity contribution in [2.75, 3.05) is 6.61 Å². The molecule has 17 heavy (non-hydrogen) atoms. The molecule has 0 unspecified atom stereocenters. The molecule has 0 aromatic rings. The normalized spacial score (nSPS) is 9.53. The van der Waals surface area contributed by atoms with Gasteiger partial charge in [0.2, 0.25) is 0 Å². The molecule has 0 atom stereocenters. The maximum atomic E-state index is 10.2. The van der Waals surface area contributed by atoms with Crippen LogP contribution in [0.25, 0.3) is 0 Å². The van der Waals surface area contributed by atoms with E-state index in [2.05, 4.69) is 5.32 Å². The zero-order valence-corrected chi connectivity index (χ0v) is 10.4. The number of ether oxygens (including phenoxy) is 1. The SMILES string of the molecule is CC(C)NC(=O)C(=O)O.CC(C)OCC(=O)O. The van der Waals surface area contributed by atoms with E-state index in [0.29, 0.717) is 0 Å². The van der Waals surface area contributed by atoms with Crippen molar-refractivity contribution in [1.82, 2.24) is 5.32 Å². The second-order valence-electron chi connectivity index (χ2n) is 3.69. The molecule has 0 aliphatic carbocycles. The van der Waals surface area contributed by atoms with Crippen molar-refractivity contribution < 1.29 is 29.3 Å². The number of carboxylic acids is 2. The summed E-state index contributed by atoms with van der Waals surface area (Å²) in [5.41, 5.74) is 0. The molecule has 0 spiro atoms. The van der Waals surface area contributed by atoms with Crippen molar-refractivity contribution in [1.29, 1.82) is 0 Å². The highest BCUT2D eigenvalue weighted by atomic mass is 16.5. The number of aliphatic carboxylic acids is 2. The Labute approximate surface area is 99.8 Å². The van der Waals surface area contributed by atoms with Gasteiger partial charge in [0.25, 0.3) is 0 Å². The lowest BCUT2D eigenvalue weighted by atomic mass is 10.4. The van der Waals surface area contributed by atoms with E-state index in [1.165, 1.54) is 0 Å². The topological polar surface area (TPSA) is 113 Å². The van der Waals surface area contributed by atoms with E-state index < -0.39 is 17.8 Å². The van der Waals surface area contributed by atoms with Gasteiger partial charge in [0.05, 0.1) is 6.10 Å². The first-order chi connectivity index (χ1) is 7.66. The fourth-order valence-corrected chi connectivity index (χ4v) is 0.562. The lowest BCUT2D eigenvalue weighted by Crippen LogP contribution is -2.35. The van der Waals surface area contributed by atoms with Crippen LogP contribution in [-0.2, 0) is 19.1 Å². The van der Waals surface area contributed by atoms with E-state index in [1.54, 1.807) is 27.7 Å². The van der Waals surface area contributed by atoms with Crippen LogP contribution in [0.4, 0.5) is 0 Å². The molecule has 0 radical (unpaired) electrons. The molecule has 0 heterocycles. The average molecular weight is 249 g/mol. The highest BCUT2D eigenvalue weighted by molar-refractivity contribution is 6.31. The van der Waals surface area contributed by atoms with Crippen molar-refractivity contribution in [2.45, 2.75) is 39.8 Å². The first-order valence-corrected chi connectivity index (χ1v) is 5.04. The Balaban J connectivity index is 0. The number of carboxylic acid groups (broad SMARTS) is 2. The zero-order chi connectivity index (χ0) is 14.0. The molecule has 1 amide bonds. The van der Waals surface area contributed by atoms with Gasteiger partial charge in [-0.15, -0.1) is 0 Å². The van der Waals surface area contributed by atoms with Crippen LogP contribution >= 0.6 is 0 Å². The first kappa shape index (κ1) is 17.8. The summed E-state index contributed by atoms with van der Waals surface area (Å²) in [6, 6.07) is -0.117. The van der Waals surface area contributed by atoms with Gasteiger partial charge in [0.1, 0.15) is 6.61 Å². The van der Waals surface area contributed by atoms with Gasteiger partial charge in [-0.05, 0) is 27.7 Å². The molecule has 0 aromatic carbocycles. The van der Waals surface area contributed by atoms with Crippen LogP contribution in [0.2, 0.25) is 0 Å². The summed E-state index contributed by atoms with van der Waals surface area (Å²) in [5.74, 6) is -3.31. The Morgan fingerprint density at radius 1 is 1.12 bits per heavy atom. The number of rotatable bonds is 4. The van der Waals surface area contributed by atoms with Gasteiger partial charge in [-0.3, -0.25) is 4.79 Å². The van der Waals surface area contributed by atoms with Crippen LogP contribution in [0.3, 0.4) is 0 Å². The fraction of sp³-hybridized carbons (Fsp3) is 0.700. The summed E-state index contributed by atoms with van der Waals surface area (Å²) in [4.78, 5) is 29.8. The Kier molecular flexibility index (Phi) is 10.0. The molecule has 100 valence electrons. The van der Waals surface area contributed by atoms with Gasteiger partial charge >= 0.3 is 17.8 Å². The molecule has 7 heteroatoms. The molecule has 0 saturated carbocycles. The number of hydrogen-bond acceptors (Lipinski definition) is 4. The van der Waals surface area contributed by atoms with E-state index in [9.17, 15) is 14.4 Å². The predicted octanol–water partition coefficient (Wildman–Crippen LogP) is 0.0916. The molecule has 0 fully saturated rings. The quantitative estimate of drug-likeness (QED) is 0.609. The molecular formula is C10H19NO6. The Morgan fingerprint density at radius 2 is 1.59 bits per heavy atom. The fourth-order valence-electron chi connectivity index (χ4n) is 0.562. The van der Waals surface area contributed by atoms with Gasteiger partial charge < -0.3 is 20.3 Å². The van der Waals surface area contributed by atoms with E-state index in [-0.39, 0.29) is 18.8 Å². The standard InChI is InChI=1S/C5H9NO3.C5H10O3/c1-3(2)6-4(7)5(8)9;1-4(2)8-3-5(6)7/h3H,1-2H3,(H,6,7)(H,8,9);4H,3H2,1-2H3,(H,6,7). The van der Waals surface area contributed by atoms with Crippen LogP contribution < -0.4 is 5.32 Å². The summed E-state index contributed by atoms with van der Waals surface area (Å²) < 4.78 is 4.70. The summed E-state index contributed by atoms with van der Waals surface area (Å²) in [6.07, 6.45) is 0.00565. The third-order valence-electron chi connectivity index (χ3n) is 1.15. The molecule has 0 aliphatic rings. The van der Waals surface area contributed by atoms with Gasteiger partial charge in [0.15, 0.2) is 0 Å². The molecule has 0 saturated heterocycles. The summed E-state index contributed by atoms with van der Waals surface area (Å²) in [7, 11) is 0. The minimum absolute atomic E-state index is 0.00565. The predicted molar refractivity (Wildman–Crippen MR) is 59.6 cm³/mol. The Hall–Kier alpha value is -1.63. The highest BCUT2D eigenvalue weighted by Crippen LogP contribution is 1.84. The van der Waals surface area contributed by atoms with Crippen molar-refractivity contribution in [2.24, 2.45) is 0 Å². The molecular weight excluding hydrogens is 230 g/mol. The smallest absolute Gasteiger partial charge is 0.394 e. The summed E-state index contributed by atoms with van der Waals surface area (Å²) >= 11 is 0. The maximum absolute atomic E-state index is 10.2. The van der Waals surface area contributed by atoms with Gasteiger partial charge in [-0.2, -0.15) is 0 Å². The minimum atomic E-state index is -1.44. The van der Waals surface area contributed by atoms with E-state index in [0.717, 1.165) is 0 Å². The molecule has 0 aliphatic heterocycles. The van der Waals surface area contributed by atoms with Crippen LogP contribution in [-0.4, -0.2) is 46.8 Å². The zero-order valence-electron chi connectivity index (χ0n) is 10.4. The minimum Gasteiger partial charge on any atom is -0.480 e. The highest BCUT2D eigenvalue weighted by Gasteiger charge is 2.10. The molecule has 0 rings (SSSR count). The number of carbonyl (C=O) groups excluding carboxylic acids is 1.